The number of carbonyl (C=O) groups excluding carboxylic acids is 1. The Hall–Kier alpha value is -3.42. The first-order valence-electron chi connectivity index (χ1n) is 13.8. The Morgan fingerprint density at radius 2 is 1.88 bits per heavy atom. The van der Waals surface area contributed by atoms with E-state index < -0.39 is 33.7 Å². The first kappa shape index (κ1) is 30.1. The highest BCUT2D eigenvalue weighted by Crippen LogP contribution is 2.38. The molecule has 2 heterocycles. The van der Waals surface area contributed by atoms with Gasteiger partial charge < -0.3 is 19.5 Å². The van der Waals surface area contributed by atoms with Gasteiger partial charge in [-0.15, -0.1) is 0 Å². The maximum atomic E-state index is 13.2. The molecular formula is C29H33F3N4O5S. The summed E-state index contributed by atoms with van der Waals surface area (Å²) in [4.78, 5) is 19.9. The molecule has 1 N–H and O–H groups in total. The summed E-state index contributed by atoms with van der Waals surface area (Å²) < 4.78 is 73.3. The van der Waals surface area contributed by atoms with Crippen LogP contribution in [0.2, 0.25) is 0 Å². The molecule has 2 unspecified atom stereocenters. The predicted octanol–water partition coefficient (Wildman–Crippen LogP) is 4.50. The van der Waals surface area contributed by atoms with Crippen LogP contribution in [-0.4, -0.2) is 53.8 Å². The van der Waals surface area contributed by atoms with Crippen LogP contribution in [0.5, 0.6) is 5.75 Å². The zero-order chi connectivity index (χ0) is 29.9. The normalized spacial score (nSPS) is 19.5. The summed E-state index contributed by atoms with van der Waals surface area (Å²) in [6.45, 7) is 0.643. The van der Waals surface area contributed by atoms with Crippen molar-refractivity contribution in [3.05, 3.63) is 77.7 Å². The maximum absolute atomic E-state index is 13.2. The number of carbonyl (C=O) groups is 1. The van der Waals surface area contributed by atoms with E-state index in [9.17, 15) is 26.4 Å². The summed E-state index contributed by atoms with van der Waals surface area (Å²) in [7, 11) is -3.23. The lowest BCUT2D eigenvalue weighted by atomic mass is 9.83. The van der Waals surface area contributed by atoms with E-state index in [1.165, 1.54) is 43.6 Å². The number of imidazole rings is 1. The van der Waals surface area contributed by atoms with Gasteiger partial charge in [0.15, 0.2) is 5.03 Å². The number of fused-ring (bicyclic) bond motifs is 1. The van der Waals surface area contributed by atoms with Crippen molar-refractivity contribution in [3.8, 4) is 5.75 Å². The number of benzene rings is 2. The topological polar surface area (TPSA) is 103 Å². The zero-order valence-electron chi connectivity index (χ0n) is 23.1. The number of hydroxylamine groups is 1. The van der Waals surface area contributed by atoms with E-state index in [4.69, 9.17) is 4.74 Å². The molecule has 9 nitrogen and oxygen atoms in total. The smallest absolute Gasteiger partial charge is 0.492 e. The van der Waals surface area contributed by atoms with Gasteiger partial charge in [-0.25, -0.2) is 18.2 Å². The highest BCUT2D eigenvalue weighted by atomic mass is 32.2. The molecule has 0 radical (unpaired) electrons. The molecule has 2 aliphatic rings. The van der Waals surface area contributed by atoms with Crippen LogP contribution < -0.4 is 10.1 Å². The molecule has 1 aliphatic heterocycles. The average Bonchev–Trinajstić information content (AvgIpc) is 3.64. The highest BCUT2D eigenvalue weighted by molar-refractivity contribution is 7.88. The first-order valence-corrected chi connectivity index (χ1v) is 15.3. The number of hydrogen-bond acceptors (Lipinski definition) is 7. The quantitative estimate of drug-likeness (QED) is 0.339. The van der Waals surface area contributed by atoms with E-state index in [1.54, 1.807) is 18.2 Å². The fourth-order valence-corrected chi connectivity index (χ4v) is 6.74. The SMILES string of the molecule is Cn1cnc(S(=O)(=O)N(Cc2ccc3c(c2)C(Cc2ccccc2)C(NCC2CCCC2)CO3)OC(=O)C(F)(F)F)c1. The second-order valence-corrected chi connectivity index (χ2v) is 12.6. The van der Waals surface area contributed by atoms with E-state index in [2.05, 4.69) is 15.1 Å². The van der Waals surface area contributed by atoms with Crippen molar-refractivity contribution in [1.82, 2.24) is 19.3 Å². The number of rotatable bonds is 10. The number of aromatic nitrogens is 2. The molecule has 0 amide bonds. The summed E-state index contributed by atoms with van der Waals surface area (Å²) in [6.07, 6.45) is 2.38. The first-order chi connectivity index (χ1) is 20.0. The molecule has 226 valence electrons. The second kappa shape index (κ2) is 12.4. The fraction of sp³-hybridized carbons (Fsp3) is 0.448. The number of halogens is 3. The van der Waals surface area contributed by atoms with Gasteiger partial charge in [-0.05, 0) is 59.0 Å². The Bertz CT molecular complexity index is 1490. The summed E-state index contributed by atoms with van der Waals surface area (Å²) in [5.74, 6) is -1.49. The molecule has 1 fully saturated rings. The number of alkyl halides is 3. The van der Waals surface area contributed by atoms with Gasteiger partial charge in [0.2, 0.25) is 0 Å². The average molecular weight is 607 g/mol. The van der Waals surface area contributed by atoms with Crippen molar-refractivity contribution in [3.63, 3.8) is 0 Å². The lowest BCUT2D eigenvalue weighted by molar-refractivity contribution is -0.223. The standard InChI is InChI=1S/C29H33F3N4O5S/c1-35-17-27(34-19-35)42(38,39)36(41-28(37)29(30,31)32)16-22-11-12-26-24(14-22)23(13-20-7-3-2-4-8-20)25(18-40-26)33-15-21-9-5-6-10-21/h2-4,7-8,11-12,14,17,19,21,23,25,33H,5-6,9-10,13,15-16,18H2,1H3. The lowest BCUT2D eigenvalue weighted by Gasteiger charge is -2.35. The zero-order valence-corrected chi connectivity index (χ0v) is 23.9. The minimum Gasteiger partial charge on any atom is -0.492 e. The van der Waals surface area contributed by atoms with Crippen molar-refractivity contribution < 1.29 is 36.0 Å². The molecule has 0 bridgehead atoms. The third kappa shape index (κ3) is 6.96. The van der Waals surface area contributed by atoms with Crippen molar-refractivity contribution in [2.75, 3.05) is 13.2 Å². The third-order valence-corrected chi connectivity index (χ3v) is 9.24. The summed E-state index contributed by atoms with van der Waals surface area (Å²) in [5, 5.41) is 3.13. The van der Waals surface area contributed by atoms with Gasteiger partial charge in [-0.1, -0.05) is 55.3 Å². The molecule has 13 heteroatoms. The number of nitrogens with one attached hydrogen (secondary N) is 1. The van der Waals surface area contributed by atoms with Gasteiger partial charge >= 0.3 is 12.1 Å². The van der Waals surface area contributed by atoms with Crippen LogP contribution in [0.25, 0.3) is 0 Å². The van der Waals surface area contributed by atoms with Crippen LogP contribution in [0, 0.1) is 5.92 Å². The van der Waals surface area contributed by atoms with Gasteiger partial charge in [-0.3, -0.25) is 0 Å². The number of sulfonamides is 1. The largest absolute Gasteiger partial charge is 0.492 e. The van der Waals surface area contributed by atoms with E-state index in [1.807, 2.05) is 30.3 Å². The molecule has 1 saturated carbocycles. The predicted molar refractivity (Wildman–Crippen MR) is 147 cm³/mol. The van der Waals surface area contributed by atoms with Crippen molar-refractivity contribution in [2.24, 2.45) is 13.0 Å². The molecule has 1 aromatic heterocycles. The highest BCUT2D eigenvalue weighted by Gasteiger charge is 2.45. The number of aryl methyl sites for hydroxylation is 1. The van der Waals surface area contributed by atoms with E-state index in [0.29, 0.717) is 30.3 Å². The molecule has 5 rings (SSSR count). The molecule has 42 heavy (non-hydrogen) atoms. The van der Waals surface area contributed by atoms with E-state index in [-0.39, 0.29) is 16.4 Å². The maximum Gasteiger partial charge on any atom is 0.492 e. The summed E-state index contributed by atoms with van der Waals surface area (Å²) in [5.41, 5.74) is 2.22. The Morgan fingerprint density at radius 3 is 2.55 bits per heavy atom. The number of ether oxygens (including phenoxy) is 1. The van der Waals surface area contributed by atoms with Gasteiger partial charge in [0, 0.05) is 25.2 Å². The van der Waals surface area contributed by atoms with Crippen molar-refractivity contribution in [2.45, 2.75) is 61.8 Å². The van der Waals surface area contributed by atoms with Crippen LogP contribution in [0.3, 0.4) is 0 Å². The minimum atomic E-state index is -5.40. The minimum absolute atomic E-state index is 0.0371. The molecule has 2 aromatic carbocycles. The molecule has 0 saturated heterocycles. The Kier molecular flexibility index (Phi) is 8.90. The van der Waals surface area contributed by atoms with Crippen LogP contribution >= 0.6 is 0 Å². The molecule has 2 atom stereocenters. The fourth-order valence-electron chi connectivity index (χ4n) is 5.57. The number of hydrogen-bond donors (Lipinski definition) is 1. The van der Waals surface area contributed by atoms with Crippen LogP contribution in [0.15, 0.2) is 66.1 Å². The summed E-state index contributed by atoms with van der Waals surface area (Å²) >= 11 is 0. The second-order valence-electron chi connectivity index (χ2n) is 10.9. The van der Waals surface area contributed by atoms with Gasteiger partial charge in [0.25, 0.3) is 10.0 Å². The monoisotopic (exact) mass is 606 g/mol. The van der Waals surface area contributed by atoms with Crippen molar-refractivity contribution in [1.29, 1.82) is 0 Å². The molecule has 0 spiro atoms. The van der Waals surface area contributed by atoms with Crippen molar-refractivity contribution >= 4 is 16.0 Å². The molecule has 1 aliphatic carbocycles. The molecular weight excluding hydrogens is 573 g/mol. The Labute approximate surface area is 242 Å². The third-order valence-electron chi connectivity index (χ3n) is 7.76. The van der Waals surface area contributed by atoms with Crippen LogP contribution in [-0.2, 0) is 39.7 Å². The van der Waals surface area contributed by atoms with Gasteiger partial charge in [0.05, 0.1) is 12.9 Å². The summed E-state index contributed by atoms with van der Waals surface area (Å²) in [6, 6.07) is 14.8. The van der Waals surface area contributed by atoms with Gasteiger partial charge in [0.1, 0.15) is 12.4 Å². The Morgan fingerprint density at radius 1 is 1.14 bits per heavy atom. The van der Waals surface area contributed by atoms with Crippen LogP contribution in [0.1, 0.15) is 48.3 Å². The number of nitrogens with zero attached hydrogens (tertiary/aromatic N) is 3. The molecule has 3 aromatic rings. The van der Waals surface area contributed by atoms with Gasteiger partial charge in [-0.2, -0.15) is 13.2 Å². The Balaban J connectivity index is 1.45. The van der Waals surface area contributed by atoms with E-state index >= 15 is 0 Å². The lowest BCUT2D eigenvalue weighted by Crippen LogP contribution is -2.45. The van der Waals surface area contributed by atoms with Crippen LogP contribution in [0.4, 0.5) is 13.2 Å². The van der Waals surface area contributed by atoms with E-state index in [0.717, 1.165) is 23.9 Å².